The first-order chi connectivity index (χ1) is 19.9. The number of morpholine rings is 1. The van der Waals surface area contributed by atoms with E-state index in [4.69, 9.17) is 18.9 Å². The van der Waals surface area contributed by atoms with Crippen LogP contribution in [0.5, 0.6) is 17.2 Å². The van der Waals surface area contributed by atoms with Crippen molar-refractivity contribution in [2.24, 2.45) is 0 Å². The third-order valence-electron chi connectivity index (χ3n) is 7.63. The number of hydrogen-bond acceptors (Lipinski definition) is 8. The van der Waals surface area contributed by atoms with Crippen LogP contribution in [0.25, 0.3) is 5.76 Å². The van der Waals surface area contributed by atoms with Crippen LogP contribution in [0, 0.1) is 0 Å². The summed E-state index contributed by atoms with van der Waals surface area (Å²) in [7, 11) is 0. The number of benzene rings is 2. The molecule has 218 valence electrons. The van der Waals surface area contributed by atoms with Crippen molar-refractivity contribution < 1.29 is 33.6 Å². The molecule has 0 unspecified atom stereocenters. The average Bonchev–Trinajstić information content (AvgIpc) is 3.48. The maximum atomic E-state index is 13.6. The molecule has 2 atom stereocenters. The Balaban J connectivity index is 1.53. The van der Waals surface area contributed by atoms with E-state index in [-0.39, 0.29) is 17.4 Å². The predicted octanol–water partition coefficient (Wildman–Crippen LogP) is 4.12. The fraction of sp³-hybridized carbons (Fsp3) is 0.438. The van der Waals surface area contributed by atoms with E-state index in [1.165, 1.54) is 0 Å². The number of aliphatic hydroxyl groups is 1. The van der Waals surface area contributed by atoms with Crippen LogP contribution in [0.4, 0.5) is 0 Å². The van der Waals surface area contributed by atoms with Gasteiger partial charge >= 0.3 is 0 Å². The summed E-state index contributed by atoms with van der Waals surface area (Å²) in [5, 5.41) is 11.6. The second-order valence-electron chi connectivity index (χ2n) is 10.5. The highest BCUT2D eigenvalue weighted by Gasteiger charge is 2.46. The Hall–Kier alpha value is -3.82. The SMILES string of the molecule is C=CCOc1ccc([C@H]2/C(=C(\O)c3ccc4c(c3)C[C@H](C)O4)C(=O)C(=O)N2CCCN2CCOCC2)cc1OCC. The minimum atomic E-state index is -0.782. The fourth-order valence-electron chi connectivity index (χ4n) is 5.70. The van der Waals surface area contributed by atoms with E-state index in [9.17, 15) is 14.7 Å². The van der Waals surface area contributed by atoms with Gasteiger partial charge in [-0.05, 0) is 61.7 Å². The van der Waals surface area contributed by atoms with Gasteiger partial charge in [-0.25, -0.2) is 0 Å². The second kappa shape index (κ2) is 12.8. The lowest BCUT2D eigenvalue weighted by Gasteiger charge is -2.29. The highest BCUT2D eigenvalue weighted by molar-refractivity contribution is 6.46. The summed E-state index contributed by atoms with van der Waals surface area (Å²) >= 11 is 0. The number of amides is 1. The van der Waals surface area contributed by atoms with E-state index in [0.717, 1.165) is 30.9 Å². The van der Waals surface area contributed by atoms with Crippen LogP contribution in [0.15, 0.2) is 54.6 Å². The standard InChI is InChI=1S/C32H38N2O7/c1-4-15-40-26-10-7-22(20-27(26)39-5-2)29-28(30(35)23-8-9-25-24(19-23)18-21(3)41-25)31(36)32(37)34(29)12-6-11-33-13-16-38-17-14-33/h4,7-10,19-21,29,35H,1,5-6,11-18H2,2-3H3/b30-28+/t21-,29-/m0/s1. The van der Waals surface area contributed by atoms with Crippen molar-refractivity contribution in [3.8, 4) is 17.2 Å². The van der Waals surface area contributed by atoms with E-state index in [1.807, 2.05) is 26.0 Å². The third kappa shape index (κ3) is 6.11. The normalized spacial score (nSPS) is 22.0. The molecule has 0 radical (unpaired) electrons. The molecule has 0 aromatic heterocycles. The molecular weight excluding hydrogens is 524 g/mol. The molecule has 1 N–H and O–H groups in total. The first kappa shape index (κ1) is 28.7. The van der Waals surface area contributed by atoms with Crippen molar-refractivity contribution in [1.82, 2.24) is 9.80 Å². The van der Waals surface area contributed by atoms with E-state index in [1.54, 1.807) is 35.2 Å². The number of nitrogens with zero attached hydrogens (tertiary/aromatic N) is 2. The largest absolute Gasteiger partial charge is 0.507 e. The Kier molecular flexibility index (Phi) is 8.95. The van der Waals surface area contributed by atoms with Crippen LogP contribution in [-0.2, 0) is 20.7 Å². The Bertz CT molecular complexity index is 1330. The van der Waals surface area contributed by atoms with Gasteiger partial charge in [0, 0.05) is 38.2 Å². The number of ketones is 1. The van der Waals surface area contributed by atoms with Crippen molar-refractivity contribution in [3.63, 3.8) is 0 Å². The number of hydrogen-bond donors (Lipinski definition) is 1. The molecule has 41 heavy (non-hydrogen) atoms. The molecule has 3 aliphatic rings. The van der Waals surface area contributed by atoms with E-state index >= 15 is 0 Å². The van der Waals surface area contributed by atoms with Crippen molar-refractivity contribution in [1.29, 1.82) is 0 Å². The molecule has 0 saturated carbocycles. The summed E-state index contributed by atoms with van der Waals surface area (Å²) in [6.07, 6.45) is 3.07. The van der Waals surface area contributed by atoms with Crippen LogP contribution in [-0.4, -0.2) is 85.3 Å². The summed E-state index contributed by atoms with van der Waals surface area (Å²) < 4.78 is 22.9. The highest BCUT2D eigenvalue weighted by atomic mass is 16.5. The molecule has 2 aromatic carbocycles. The molecule has 9 heteroatoms. The molecule has 1 amide bonds. The Morgan fingerprint density at radius 3 is 2.66 bits per heavy atom. The van der Waals surface area contributed by atoms with Crippen molar-refractivity contribution in [2.75, 3.05) is 52.6 Å². The zero-order valence-electron chi connectivity index (χ0n) is 23.8. The molecule has 3 aliphatic heterocycles. The Morgan fingerprint density at radius 2 is 1.90 bits per heavy atom. The monoisotopic (exact) mass is 562 g/mol. The maximum Gasteiger partial charge on any atom is 0.295 e. The summed E-state index contributed by atoms with van der Waals surface area (Å²) in [6.45, 7) is 12.5. The number of likely N-dealkylation sites (tertiary alicyclic amines) is 1. The van der Waals surface area contributed by atoms with Gasteiger partial charge in [-0.1, -0.05) is 18.7 Å². The number of carbonyl (C=O) groups excluding carboxylic acids is 2. The lowest BCUT2D eigenvalue weighted by molar-refractivity contribution is -0.140. The summed E-state index contributed by atoms with van der Waals surface area (Å²) in [6, 6.07) is 9.97. The van der Waals surface area contributed by atoms with Gasteiger partial charge < -0.3 is 29.0 Å². The predicted molar refractivity (Wildman–Crippen MR) is 154 cm³/mol. The van der Waals surface area contributed by atoms with E-state index in [0.29, 0.717) is 68.4 Å². The van der Waals surface area contributed by atoms with E-state index in [2.05, 4.69) is 11.5 Å². The fourth-order valence-corrected chi connectivity index (χ4v) is 5.70. The first-order valence-corrected chi connectivity index (χ1v) is 14.3. The summed E-state index contributed by atoms with van der Waals surface area (Å²) in [5.74, 6) is 0.277. The van der Waals surface area contributed by atoms with Crippen LogP contribution in [0.2, 0.25) is 0 Å². The number of carbonyl (C=O) groups is 2. The van der Waals surface area contributed by atoms with Crippen molar-refractivity contribution in [2.45, 2.75) is 38.8 Å². The lowest BCUT2D eigenvalue weighted by atomic mass is 9.94. The number of fused-ring (bicyclic) bond motifs is 1. The molecule has 3 heterocycles. The van der Waals surface area contributed by atoms with Crippen LogP contribution >= 0.6 is 0 Å². The van der Waals surface area contributed by atoms with Crippen molar-refractivity contribution in [3.05, 3.63) is 71.3 Å². The van der Waals surface area contributed by atoms with Crippen LogP contribution in [0.3, 0.4) is 0 Å². The lowest BCUT2D eigenvalue weighted by Crippen LogP contribution is -2.39. The van der Waals surface area contributed by atoms with Gasteiger partial charge in [0.2, 0.25) is 0 Å². The summed E-state index contributed by atoms with van der Waals surface area (Å²) in [4.78, 5) is 30.9. The Labute approximate surface area is 240 Å². The zero-order chi connectivity index (χ0) is 28.9. The first-order valence-electron chi connectivity index (χ1n) is 14.3. The molecule has 2 saturated heterocycles. The van der Waals surface area contributed by atoms with E-state index < -0.39 is 17.7 Å². The Morgan fingerprint density at radius 1 is 1.10 bits per heavy atom. The van der Waals surface area contributed by atoms with Gasteiger partial charge in [-0.2, -0.15) is 0 Å². The number of ether oxygens (including phenoxy) is 4. The third-order valence-corrected chi connectivity index (χ3v) is 7.63. The highest BCUT2D eigenvalue weighted by Crippen LogP contribution is 2.43. The van der Waals surface area contributed by atoms with Gasteiger partial charge in [0.1, 0.15) is 24.2 Å². The molecular formula is C32H38N2O7. The summed E-state index contributed by atoms with van der Waals surface area (Å²) in [5.41, 5.74) is 2.16. The molecule has 2 aromatic rings. The maximum absolute atomic E-state index is 13.6. The molecule has 0 aliphatic carbocycles. The van der Waals surface area contributed by atoms with Gasteiger partial charge in [0.05, 0.1) is 31.4 Å². The van der Waals surface area contributed by atoms with Crippen LogP contribution < -0.4 is 14.2 Å². The van der Waals surface area contributed by atoms with Crippen LogP contribution in [0.1, 0.15) is 43.0 Å². The van der Waals surface area contributed by atoms with Crippen molar-refractivity contribution >= 4 is 17.4 Å². The minimum Gasteiger partial charge on any atom is -0.507 e. The minimum absolute atomic E-state index is 0.0400. The molecule has 2 fully saturated rings. The number of Topliss-reactive ketones (excluding diaryl/α,β-unsaturated/α-hetero) is 1. The topological polar surface area (TPSA) is 97.8 Å². The smallest absolute Gasteiger partial charge is 0.295 e. The zero-order valence-corrected chi connectivity index (χ0v) is 23.8. The quantitative estimate of drug-likeness (QED) is 0.189. The average molecular weight is 563 g/mol. The van der Waals surface area contributed by atoms with Gasteiger partial charge in [0.25, 0.3) is 11.7 Å². The number of aliphatic hydroxyl groups excluding tert-OH is 1. The number of rotatable bonds is 11. The second-order valence-corrected chi connectivity index (χ2v) is 10.5. The molecule has 0 spiro atoms. The molecule has 5 rings (SSSR count). The molecule has 9 nitrogen and oxygen atoms in total. The molecule has 0 bridgehead atoms. The van der Waals surface area contributed by atoms with Gasteiger partial charge in [-0.15, -0.1) is 0 Å². The van der Waals surface area contributed by atoms with Gasteiger partial charge in [-0.3, -0.25) is 14.5 Å². The van der Waals surface area contributed by atoms with Gasteiger partial charge in [0.15, 0.2) is 11.5 Å².